The van der Waals surface area contributed by atoms with Crippen molar-refractivity contribution in [1.82, 2.24) is 9.62 Å². The van der Waals surface area contributed by atoms with Gasteiger partial charge in [0.15, 0.2) is 0 Å². The van der Waals surface area contributed by atoms with Gasteiger partial charge in [0.05, 0.1) is 4.90 Å². The zero-order chi connectivity index (χ0) is 13.1. The molecule has 18 heavy (non-hydrogen) atoms. The van der Waals surface area contributed by atoms with Crippen LogP contribution in [0.25, 0.3) is 0 Å². The second-order valence-electron chi connectivity index (χ2n) is 4.20. The summed E-state index contributed by atoms with van der Waals surface area (Å²) in [5.41, 5.74) is 1.86. The SMILES string of the molecule is CNCCN(C)S(=O)(=O)c1ccc(C)cc1C.Cl. The van der Waals surface area contributed by atoms with E-state index in [0.29, 0.717) is 18.0 Å². The summed E-state index contributed by atoms with van der Waals surface area (Å²) < 4.78 is 25.9. The number of likely N-dealkylation sites (N-methyl/N-ethyl adjacent to an activating group) is 2. The van der Waals surface area contributed by atoms with Crippen molar-refractivity contribution in [3.05, 3.63) is 29.3 Å². The van der Waals surface area contributed by atoms with Crippen LogP contribution in [0.4, 0.5) is 0 Å². The Bertz CT molecular complexity index is 489. The van der Waals surface area contributed by atoms with E-state index in [1.165, 1.54) is 4.31 Å². The van der Waals surface area contributed by atoms with Crippen molar-refractivity contribution in [3.63, 3.8) is 0 Å². The van der Waals surface area contributed by atoms with Gasteiger partial charge in [-0.15, -0.1) is 12.4 Å². The van der Waals surface area contributed by atoms with E-state index in [2.05, 4.69) is 5.32 Å². The number of aryl methyl sites for hydroxylation is 2. The van der Waals surface area contributed by atoms with Gasteiger partial charge < -0.3 is 5.32 Å². The van der Waals surface area contributed by atoms with E-state index in [0.717, 1.165) is 11.1 Å². The molecule has 0 atom stereocenters. The summed E-state index contributed by atoms with van der Waals surface area (Å²) in [6.45, 7) is 4.88. The van der Waals surface area contributed by atoms with Gasteiger partial charge in [-0.05, 0) is 32.5 Å². The van der Waals surface area contributed by atoms with Gasteiger partial charge in [0.2, 0.25) is 10.0 Å². The fourth-order valence-corrected chi connectivity index (χ4v) is 3.02. The number of halogens is 1. The van der Waals surface area contributed by atoms with Gasteiger partial charge in [0.1, 0.15) is 0 Å². The molecule has 0 aliphatic rings. The lowest BCUT2D eigenvalue weighted by Gasteiger charge is -2.18. The normalized spacial score (nSPS) is 11.4. The topological polar surface area (TPSA) is 49.4 Å². The van der Waals surface area contributed by atoms with Gasteiger partial charge in [-0.2, -0.15) is 4.31 Å². The molecule has 0 amide bonds. The maximum atomic E-state index is 12.3. The molecular formula is C12H21ClN2O2S. The minimum atomic E-state index is -3.37. The quantitative estimate of drug-likeness (QED) is 0.896. The zero-order valence-electron chi connectivity index (χ0n) is 11.2. The molecule has 0 aliphatic heterocycles. The molecule has 1 aromatic rings. The summed E-state index contributed by atoms with van der Waals surface area (Å²) in [5.74, 6) is 0. The van der Waals surface area contributed by atoms with Crippen molar-refractivity contribution in [3.8, 4) is 0 Å². The summed E-state index contributed by atoms with van der Waals surface area (Å²) in [4.78, 5) is 0.390. The fourth-order valence-electron chi connectivity index (χ4n) is 1.65. The second-order valence-corrected chi connectivity index (χ2v) is 6.21. The zero-order valence-corrected chi connectivity index (χ0v) is 12.9. The van der Waals surface area contributed by atoms with Crippen LogP contribution < -0.4 is 5.32 Å². The molecule has 0 fully saturated rings. The lowest BCUT2D eigenvalue weighted by Crippen LogP contribution is -2.33. The highest BCUT2D eigenvalue weighted by atomic mass is 35.5. The highest BCUT2D eigenvalue weighted by molar-refractivity contribution is 7.89. The third kappa shape index (κ3) is 3.95. The molecule has 0 aliphatic carbocycles. The predicted molar refractivity (Wildman–Crippen MR) is 76.9 cm³/mol. The van der Waals surface area contributed by atoms with E-state index in [1.807, 2.05) is 26.0 Å². The molecule has 0 heterocycles. The molecule has 0 saturated carbocycles. The minimum Gasteiger partial charge on any atom is -0.318 e. The Morgan fingerprint density at radius 2 is 1.89 bits per heavy atom. The predicted octanol–water partition coefficient (Wildman–Crippen LogP) is 1.57. The largest absolute Gasteiger partial charge is 0.318 e. The number of rotatable bonds is 5. The summed E-state index contributed by atoms with van der Waals surface area (Å²) >= 11 is 0. The first-order valence-corrected chi connectivity index (χ1v) is 7.02. The maximum Gasteiger partial charge on any atom is 0.243 e. The number of hydrogen-bond donors (Lipinski definition) is 1. The molecule has 4 nitrogen and oxygen atoms in total. The molecule has 1 aromatic carbocycles. The highest BCUT2D eigenvalue weighted by Gasteiger charge is 2.21. The monoisotopic (exact) mass is 292 g/mol. The van der Waals surface area contributed by atoms with E-state index >= 15 is 0 Å². The number of sulfonamides is 1. The van der Waals surface area contributed by atoms with Crippen LogP contribution in [-0.2, 0) is 10.0 Å². The molecule has 0 saturated heterocycles. The number of nitrogens with zero attached hydrogens (tertiary/aromatic N) is 1. The maximum absolute atomic E-state index is 12.3. The smallest absolute Gasteiger partial charge is 0.243 e. The summed E-state index contributed by atoms with van der Waals surface area (Å²) in [6, 6.07) is 5.39. The fraction of sp³-hybridized carbons (Fsp3) is 0.500. The third-order valence-electron chi connectivity index (χ3n) is 2.70. The molecular weight excluding hydrogens is 272 g/mol. The Kier molecular flexibility index (Phi) is 6.84. The van der Waals surface area contributed by atoms with Gasteiger partial charge in [-0.1, -0.05) is 17.7 Å². The first kappa shape index (κ1) is 17.4. The second kappa shape index (κ2) is 7.09. The van der Waals surface area contributed by atoms with Gasteiger partial charge in [-0.25, -0.2) is 8.42 Å². The lowest BCUT2D eigenvalue weighted by molar-refractivity contribution is 0.465. The van der Waals surface area contributed by atoms with Crippen LogP contribution in [0.1, 0.15) is 11.1 Å². The minimum absolute atomic E-state index is 0. The van der Waals surface area contributed by atoms with E-state index in [-0.39, 0.29) is 12.4 Å². The van der Waals surface area contributed by atoms with E-state index < -0.39 is 10.0 Å². The number of hydrogen-bond acceptors (Lipinski definition) is 3. The Hall–Kier alpha value is -0.620. The molecule has 1 N–H and O–H groups in total. The first-order valence-electron chi connectivity index (χ1n) is 5.58. The van der Waals surface area contributed by atoms with Crippen LogP contribution in [0.5, 0.6) is 0 Å². The van der Waals surface area contributed by atoms with E-state index in [1.54, 1.807) is 20.2 Å². The molecule has 104 valence electrons. The van der Waals surface area contributed by atoms with Crippen LogP contribution in [-0.4, -0.2) is 39.9 Å². The van der Waals surface area contributed by atoms with Crippen molar-refractivity contribution in [2.24, 2.45) is 0 Å². The summed E-state index contributed by atoms with van der Waals surface area (Å²) in [5, 5.41) is 2.94. The summed E-state index contributed by atoms with van der Waals surface area (Å²) in [6.07, 6.45) is 0. The van der Waals surface area contributed by atoms with Crippen molar-refractivity contribution in [2.75, 3.05) is 27.2 Å². The molecule has 0 radical (unpaired) electrons. The average Bonchev–Trinajstić information content (AvgIpc) is 2.25. The van der Waals surface area contributed by atoms with Crippen LogP contribution in [0.2, 0.25) is 0 Å². The van der Waals surface area contributed by atoms with E-state index in [4.69, 9.17) is 0 Å². The Morgan fingerprint density at radius 3 is 2.39 bits per heavy atom. The third-order valence-corrected chi connectivity index (χ3v) is 4.71. The Balaban J connectivity index is 0.00000289. The van der Waals surface area contributed by atoms with Crippen molar-refractivity contribution in [1.29, 1.82) is 0 Å². The standard InChI is InChI=1S/C12H20N2O2S.ClH/c1-10-5-6-12(11(2)9-10)17(15,16)14(4)8-7-13-3;/h5-6,9,13H,7-8H2,1-4H3;1H. The number of benzene rings is 1. The first-order chi connectivity index (χ1) is 7.89. The van der Waals surface area contributed by atoms with Gasteiger partial charge in [0.25, 0.3) is 0 Å². The Labute approximate surface area is 116 Å². The summed E-state index contributed by atoms with van der Waals surface area (Å²) in [7, 11) is 0.0410. The molecule has 6 heteroatoms. The van der Waals surface area contributed by atoms with Crippen molar-refractivity contribution < 1.29 is 8.42 Å². The van der Waals surface area contributed by atoms with Crippen LogP contribution in [0, 0.1) is 13.8 Å². The highest BCUT2D eigenvalue weighted by Crippen LogP contribution is 2.19. The van der Waals surface area contributed by atoms with Crippen molar-refractivity contribution in [2.45, 2.75) is 18.7 Å². The lowest BCUT2D eigenvalue weighted by atomic mass is 10.2. The van der Waals surface area contributed by atoms with Gasteiger partial charge in [-0.3, -0.25) is 0 Å². The van der Waals surface area contributed by atoms with Gasteiger partial charge in [0, 0.05) is 20.1 Å². The molecule has 0 bridgehead atoms. The van der Waals surface area contributed by atoms with Crippen LogP contribution in [0.15, 0.2) is 23.1 Å². The average molecular weight is 293 g/mol. The molecule has 0 unspecified atom stereocenters. The number of nitrogens with one attached hydrogen (secondary N) is 1. The van der Waals surface area contributed by atoms with Crippen LogP contribution in [0.3, 0.4) is 0 Å². The molecule has 0 aromatic heterocycles. The molecule has 0 spiro atoms. The van der Waals surface area contributed by atoms with Crippen molar-refractivity contribution >= 4 is 22.4 Å². The molecule has 1 rings (SSSR count). The van der Waals surface area contributed by atoms with Gasteiger partial charge >= 0.3 is 0 Å². The Morgan fingerprint density at radius 1 is 1.28 bits per heavy atom. The van der Waals surface area contributed by atoms with E-state index in [9.17, 15) is 8.42 Å². The van der Waals surface area contributed by atoms with Crippen LogP contribution >= 0.6 is 12.4 Å².